The SMILES string of the molecule is COC(=O)c1ccc(NC(=O)C2CCC3C4CCC5NC(=O)CCC5(C)C4CCC23C)cc1. The topological polar surface area (TPSA) is 84.5 Å². The molecule has 1 heterocycles. The number of hydrogen-bond acceptors (Lipinski definition) is 4. The van der Waals surface area contributed by atoms with Crippen LogP contribution < -0.4 is 10.6 Å². The van der Waals surface area contributed by atoms with E-state index < -0.39 is 0 Å². The number of ether oxygens (including phenoxy) is 1. The van der Waals surface area contributed by atoms with E-state index in [1.165, 1.54) is 7.11 Å². The Morgan fingerprint density at radius 1 is 0.970 bits per heavy atom. The number of esters is 1. The van der Waals surface area contributed by atoms with Crippen molar-refractivity contribution in [3.63, 3.8) is 0 Å². The van der Waals surface area contributed by atoms with Crippen LogP contribution >= 0.6 is 0 Å². The van der Waals surface area contributed by atoms with E-state index in [0.717, 1.165) is 50.6 Å². The molecule has 6 heteroatoms. The van der Waals surface area contributed by atoms with Crippen LogP contribution in [0.15, 0.2) is 24.3 Å². The highest BCUT2D eigenvalue weighted by Gasteiger charge is 2.61. The molecule has 4 fully saturated rings. The lowest BCUT2D eigenvalue weighted by Gasteiger charge is -2.60. The van der Waals surface area contributed by atoms with Crippen LogP contribution in [0.25, 0.3) is 0 Å². The molecule has 4 aliphatic rings. The molecule has 1 aromatic carbocycles. The number of rotatable bonds is 3. The summed E-state index contributed by atoms with van der Waals surface area (Å²) in [7, 11) is 1.36. The summed E-state index contributed by atoms with van der Waals surface area (Å²) >= 11 is 0. The number of anilines is 1. The molecule has 7 atom stereocenters. The average molecular weight is 453 g/mol. The van der Waals surface area contributed by atoms with Gasteiger partial charge < -0.3 is 15.4 Å². The third-order valence-electron chi connectivity index (χ3n) is 9.98. The van der Waals surface area contributed by atoms with Gasteiger partial charge in [0.2, 0.25) is 11.8 Å². The predicted molar refractivity (Wildman–Crippen MR) is 125 cm³/mol. The zero-order valence-electron chi connectivity index (χ0n) is 20.0. The highest BCUT2D eigenvalue weighted by atomic mass is 16.5. The fourth-order valence-corrected chi connectivity index (χ4v) is 8.17. The molecular weight excluding hydrogens is 416 g/mol. The molecule has 33 heavy (non-hydrogen) atoms. The van der Waals surface area contributed by atoms with Crippen molar-refractivity contribution in [2.45, 2.75) is 71.3 Å². The van der Waals surface area contributed by atoms with Gasteiger partial charge in [-0.15, -0.1) is 0 Å². The molecule has 3 aliphatic carbocycles. The first-order valence-corrected chi connectivity index (χ1v) is 12.5. The summed E-state index contributed by atoms with van der Waals surface area (Å²) in [5.74, 6) is 1.82. The van der Waals surface area contributed by atoms with Gasteiger partial charge in [-0.3, -0.25) is 9.59 Å². The normalized spacial score (nSPS) is 39.5. The number of methoxy groups -OCH3 is 1. The van der Waals surface area contributed by atoms with Gasteiger partial charge in [0.25, 0.3) is 0 Å². The molecule has 7 unspecified atom stereocenters. The van der Waals surface area contributed by atoms with Crippen molar-refractivity contribution in [3.8, 4) is 0 Å². The molecule has 3 saturated carbocycles. The Labute approximate surface area is 196 Å². The number of benzene rings is 1. The van der Waals surface area contributed by atoms with Crippen LogP contribution in [0.1, 0.15) is 75.6 Å². The number of piperidine rings is 1. The molecule has 0 bridgehead atoms. The Morgan fingerprint density at radius 2 is 1.70 bits per heavy atom. The minimum atomic E-state index is -0.378. The fraction of sp³-hybridized carbons (Fsp3) is 0.667. The molecule has 6 nitrogen and oxygen atoms in total. The van der Waals surface area contributed by atoms with Gasteiger partial charge in [0, 0.05) is 24.1 Å². The molecule has 5 rings (SSSR count). The second kappa shape index (κ2) is 8.14. The second-order valence-corrected chi connectivity index (χ2v) is 11.3. The Balaban J connectivity index is 1.30. The zero-order chi connectivity index (χ0) is 23.4. The van der Waals surface area contributed by atoms with Crippen LogP contribution in [0, 0.1) is 34.5 Å². The first-order chi connectivity index (χ1) is 15.8. The molecule has 178 valence electrons. The van der Waals surface area contributed by atoms with E-state index >= 15 is 0 Å². The smallest absolute Gasteiger partial charge is 0.337 e. The molecule has 2 amide bonds. The van der Waals surface area contributed by atoms with Gasteiger partial charge >= 0.3 is 5.97 Å². The number of hydrogen-bond donors (Lipinski definition) is 2. The highest BCUT2D eigenvalue weighted by Crippen LogP contribution is 2.65. The van der Waals surface area contributed by atoms with Crippen molar-refractivity contribution in [1.29, 1.82) is 0 Å². The fourth-order valence-electron chi connectivity index (χ4n) is 8.17. The third kappa shape index (κ3) is 3.57. The van der Waals surface area contributed by atoms with Gasteiger partial charge in [-0.1, -0.05) is 13.8 Å². The monoisotopic (exact) mass is 452 g/mol. The van der Waals surface area contributed by atoms with E-state index in [1.54, 1.807) is 24.3 Å². The van der Waals surface area contributed by atoms with E-state index in [-0.39, 0.29) is 34.5 Å². The molecule has 0 aromatic heterocycles. The van der Waals surface area contributed by atoms with Gasteiger partial charge in [-0.2, -0.15) is 0 Å². The van der Waals surface area contributed by atoms with Crippen molar-refractivity contribution in [2.75, 3.05) is 12.4 Å². The number of nitrogens with one attached hydrogen (secondary N) is 2. The molecule has 2 N–H and O–H groups in total. The Hall–Kier alpha value is -2.37. The van der Waals surface area contributed by atoms with Crippen LogP contribution in [0.3, 0.4) is 0 Å². The van der Waals surface area contributed by atoms with Crippen molar-refractivity contribution in [1.82, 2.24) is 5.32 Å². The van der Waals surface area contributed by atoms with Gasteiger partial charge in [0.1, 0.15) is 0 Å². The molecule has 1 aliphatic heterocycles. The summed E-state index contributed by atoms with van der Waals surface area (Å²) < 4.78 is 4.75. The summed E-state index contributed by atoms with van der Waals surface area (Å²) in [6.07, 6.45) is 8.16. The lowest BCUT2D eigenvalue weighted by molar-refractivity contribution is -0.140. The lowest BCUT2D eigenvalue weighted by atomic mass is 9.47. The number of amides is 2. The largest absolute Gasteiger partial charge is 0.465 e. The van der Waals surface area contributed by atoms with Gasteiger partial charge in [0.15, 0.2) is 0 Å². The zero-order valence-corrected chi connectivity index (χ0v) is 20.0. The quantitative estimate of drug-likeness (QED) is 0.659. The molecule has 0 radical (unpaired) electrons. The third-order valence-corrected chi connectivity index (χ3v) is 9.98. The predicted octanol–water partition coefficient (Wildman–Crippen LogP) is 4.55. The minimum Gasteiger partial charge on any atom is -0.465 e. The molecular formula is C27H36N2O4. The Kier molecular flexibility index (Phi) is 5.53. The van der Waals surface area contributed by atoms with E-state index in [9.17, 15) is 14.4 Å². The first kappa shape index (κ1) is 22.4. The summed E-state index contributed by atoms with van der Waals surface area (Å²) in [6.45, 7) is 4.76. The second-order valence-electron chi connectivity index (χ2n) is 11.3. The highest BCUT2D eigenvalue weighted by molar-refractivity contribution is 5.94. The molecule has 0 spiro atoms. The van der Waals surface area contributed by atoms with E-state index in [4.69, 9.17) is 4.74 Å². The van der Waals surface area contributed by atoms with Gasteiger partial charge in [-0.25, -0.2) is 4.79 Å². The van der Waals surface area contributed by atoms with Crippen LogP contribution in [-0.2, 0) is 14.3 Å². The standard InChI is InChI=1S/C27H36N2O4/c1-26-14-12-20-18(8-11-22-27(20,2)15-13-23(30)29-22)19(26)9-10-21(26)24(31)28-17-6-4-16(5-7-17)25(32)33-3/h4-7,18-22H,8-15H2,1-3H3,(H,28,31)(H,29,30). The van der Waals surface area contributed by atoms with E-state index in [1.807, 2.05) is 0 Å². The Bertz CT molecular complexity index is 959. The van der Waals surface area contributed by atoms with Crippen LogP contribution in [0.2, 0.25) is 0 Å². The van der Waals surface area contributed by atoms with Crippen molar-refractivity contribution >= 4 is 23.5 Å². The average Bonchev–Trinajstić information content (AvgIpc) is 3.17. The van der Waals surface area contributed by atoms with Crippen LogP contribution in [0.4, 0.5) is 5.69 Å². The van der Waals surface area contributed by atoms with Gasteiger partial charge in [0.05, 0.1) is 12.7 Å². The van der Waals surface area contributed by atoms with Crippen LogP contribution in [-0.4, -0.2) is 30.9 Å². The van der Waals surface area contributed by atoms with Gasteiger partial charge in [-0.05, 0) is 97.8 Å². The Morgan fingerprint density at radius 3 is 2.42 bits per heavy atom. The summed E-state index contributed by atoms with van der Waals surface area (Å²) in [5, 5.41) is 6.42. The summed E-state index contributed by atoms with van der Waals surface area (Å²) in [6, 6.07) is 7.24. The number of carbonyl (C=O) groups excluding carboxylic acids is 3. The maximum Gasteiger partial charge on any atom is 0.337 e. The first-order valence-electron chi connectivity index (χ1n) is 12.5. The van der Waals surface area contributed by atoms with E-state index in [0.29, 0.717) is 35.8 Å². The number of carbonyl (C=O) groups is 3. The minimum absolute atomic E-state index is 0.0142. The molecule has 1 aromatic rings. The maximum absolute atomic E-state index is 13.4. The van der Waals surface area contributed by atoms with Crippen molar-refractivity contribution in [3.05, 3.63) is 29.8 Å². The number of fused-ring (bicyclic) bond motifs is 5. The van der Waals surface area contributed by atoms with Crippen LogP contribution in [0.5, 0.6) is 0 Å². The summed E-state index contributed by atoms with van der Waals surface area (Å²) in [5.41, 5.74) is 1.42. The molecule has 1 saturated heterocycles. The summed E-state index contributed by atoms with van der Waals surface area (Å²) in [4.78, 5) is 37.1. The lowest BCUT2D eigenvalue weighted by Crippen LogP contribution is -2.61. The van der Waals surface area contributed by atoms with Crippen molar-refractivity contribution in [2.24, 2.45) is 34.5 Å². The van der Waals surface area contributed by atoms with E-state index in [2.05, 4.69) is 24.5 Å². The van der Waals surface area contributed by atoms with Crippen molar-refractivity contribution < 1.29 is 19.1 Å². The maximum atomic E-state index is 13.4.